The minimum atomic E-state index is -1.88. The molecule has 2 saturated heterocycles. The van der Waals surface area contributed by atoms with Crippen LogP contribution in [-0.4, -0.2) is 190 Å². The average molecular weight is 1450 g/mol. The van der Waals surface area contributed by atoms with E-state index in [1.165, 1.54) is 43.0 Å². The van der Waals surface area contributed by atoms with Crippen molar-refractivity contribution in [2.75, 3.05) is 19.7 Å². The summed E-state index contributed by atoms with van der Waals surface area (Å²) < 4.78 is 0. The maximum atomic E-state index is 15.2. The van der Waals surface area contributed by atoms with E-state index in [4.69, 9.17) is 28.8 Å². The van der Waals surface area contributed by atoms with E-state index in [0.717, 1.165) is 17.7 Å². The first kappa shape index (κ1) is 81.5. The SMILES string of the molecule is CCCCC1C[C@H](C(=O)N[C@@H](CO)C(=O)N[C@@H](Cc2ccc(O)cc2)C(=O)N[C@H](Cc2ccc3ccccc3c2)C(=O)N[C@H](CC(C)C)C(=O)N[C@@H](CCCN=C(N)N)C(=O)N2CCC[C@H]2C(=O)N[C@H](C)C(N)=O)NC(=O)[C@@H](C)NC(=O)C[C@H](NC(C)=O)C(=O)N[C@H](Cc2ccc(Cl)cc2)C(=O)N1. The minimum absolute atomic E-state index is 0.00242. The number of hydrogen-bond acceptors (Lipinski definition) is 16. The van der Waals surface area contributed by atoms with Crippen molar-refractivity contribution in [1.82, 2.24) is 63.4 Å². The Hall–Kier alpha value is -10.4. The third-order valence-electron chi connectivity index (χ3n) is 17.5. The van der Waals surface area contributed by atoms with Gasteiger partial charge in [0.1, 0.15) is 72.2 Å². The van der Waals surface area contributed by atoms with Crippen molar-refractivity contribution in [3.8, 4) is 5.75 Å². The summed E-state index contributed by atoms with van der Waals surface area (Å²) >= 11 is 6.16. The number of amides is 13. The maximum absolute atomic E-state index is 15.2. The molecule has 4 aromatic rings. The molecule has 1 unspecified atom stereocenters. The van der Waals surface area contributed by atoms with Gasteiger partial charge < -0.3 is 90.8 Å². The molecule has 13 amide bonds. The first-order chi connectivity index (χ1) is 48.9. The highest BCUT2D eigenvalue weighted by molar-refractivity contribution is 6.30. The predicted molar refractivity (Wildman–Crippen MR) is 382 cm³/mol. The smallest absolute Gasteiger partial charge is 0.245 e. The maximum Gasteiger partial charge on any atom is 0.245 e. The van der Waals surface area contributed by atoms with Gasteiger partial charge in [0.15, 0.2) is 5.96 Å². The summed E-state index contributed by atoms with van der Waals surface area (Å²) in [6.45, 7) is 8.36. The van der Waals surface area contributed by atoms with Crippen LogP contribution in [0, 0.1) is 5.92 Å². The summed E-state index contributed by atoms with van der Waals surface area (Å²) in [4.78, 5) is 188. The lowest BCUT2D eigenvalue weighted by molar-refractivity contribution is -0.142. The monoisotopic (exact) mass is 1450 g/mol. The van der Waals surface area contributed by atoms with Gasteiger partial charge in [-0.1, -0.05) is 112 Å². The number of unbranched alkanes of at least 4 members (excludes halogenated alkanes) is 1. The summed E-state index contributed by atoms with van der Waals surface area (Å²) in [6, 6.07) is 8.16. The van der Waals surface area contributed by atoms with Crippen LogP contribution in [0.15, 0.2) is 96.0 Å². The van der Waals surface area contributed by atoms with E-state index < -0.39 is 162 Å². The van der Waals surface area contributed by atoms with Gasteiger partial charge in [0.25, 0.3) is 0 Å². The zero-order chi connectivity index (χ0) is 75.6. The Bertz CT molecular complexity index is 3710. The molecular formula is C71H97ClN16O15. The number of halogens is 1. The van der Waals surface area contributed by atoms with Crippen LogP contribution in [0.3, 0.4) is 0 Å². The summed E-state index contributed by atoms with van der Waals surface area (Å²) in [6.07, 6.45) is 0.392. The molecule has 103 heavy (non-hydrogen) atoms. The van der Waals surface area contributed by atoms with E-state index in [1.807, 2.05) is 37.3 Å². The Kier molecular flexibility index (Phi) is 31.4. The molecule has 32 heteroatoms. The third kappa shape index (κ3) is 25.9. The Morgan fingerprint density at radius 1 is 0.670 bits per heavy atom. The van der Waals surface area contributed by atoms with Crippen molar-refractivity contribution in [1.29, 1.82) is 0 Å². The van der Waals surface area contributed by atoms with Gasteiger partial charge in [0.05, 0.1) is 13.0 Å². The van der Waals surface area contributed by atoms with Crippen LogP contribution in [0.2, 0.25) is 5.02 Å². The fourth-order valence-corrected chi connectivity index (χ4v) is 12.1. The second-order valence-corrected chi connectivity index (χ2v) is 26.9. The molecule has 0 saturated carbocycles. The number of fused-ring (bicyclic) bond motifs is 1. The second kappa shape index (κ2) is 39.7. The van der Waals surface area contributed by atoms with Gasteiger partial charge in [0.2, 0.25) is 76.8 Å². The highest BCUT2D eigenvalue weighted by Gasteiger charge is 2.41. The molecule has 12 atom stereocenters. The number of rotatable bonds is 31. The first-order valence-electron chi connectivity index (χ1n) is 34.5. The molecule has 0 bridgehead atoms. The number of aromatic hydroxyl groups is 1. The van der Waals surface area contributed by atoms with Crippen molar-refractivity contribution >= 4 is 105 Å². The topological polar surface area (TPSA) is 488 Å². The van der Waals surface area contributed by atoms with Crippen molar-refractivity contribution in [2.24, 2.45) is 28.1 Å². The fourth-order valence-electron chi connectivity index (χ4n) is 11.9. The molecule has 2 fully saturated rings. The Morgan fingerprint density at radius 2 is 1.27 bits per heavy atom. The molecule has 4 aromatic carbocycles. The lowest BCUT2D eigenvalue weighted by Crippen LogP contribution is -2.61. The van der Waals surface area contributed by atoms with E-state index >= 15 is 9.59 Å². The highest BCUT2D eigenvalue weighted by atomic mass is 35.5. The number of hydrogen-bond donors (Lipinski definition) is 16. The number of nitrogens with two attached hydrogens (primary N) is 3. The Labute approximate surface area is 602 Å². The molecule has 0 spiro atoms. The fraction of sp³-hybridized carbons (Fsp3) is 0.493. The zero-order valence-electron chi connectivity index (χ0n) is 58.7. The number of nitrogens with one attached hydrogen (secondary N) is 11. The number of benzene rings is 4. The van der Waals surface area contributed by atoms with Crippen LogP contribution in [0.25, 0.3) is 10.8 Å². The lowest BCUT2D eigenvalue weighted by Gasteiger charge is -2.31. The largest absolute Gasteiger partial charge is 0.508 e. The molecule has 0 aliphatic carbocycles. The zero-order valence-corrected chi connectivity index (χ0v) is 59.4. The summed E-state index contributed by atoms with van der Waals surface area (Å²) in [5, 5.41) is 52.3. The Balaban J connectivity index is 1.31. The molecule has 31 nitrogen and oxygen atoms in total. The normalized spacial score (nSPS) is 19.8. The van der Waals surface area contributed by atoms with Gasteiger partial charge in [-0.05, 0) is 116 Å². The second-order valence-electron chi connectivity index (χ2n) is 26.4. The van der Waals surface area contributed by atoms with E-state index in [0.29, 0.717) is 41.0 Å². The van der Waals surface area contributed by atoms with Gasteiger partial charge in [-0.3, -0.25) is 67.3 Å². The number of carbonyl (C=O) groups is 13. The van der Waals surface area contributed by atoms with Gasteiger partial charge in [0, 0.05) is 50.3 Å². The molecule has 2 heterocycles. The number of aliphatic hydroxyl groups excluding tert-OH is 1. The van der Waals surface area contributed by atoms with Crippen molar-refractivity contribution in [2.45, 2.75) is 198 Å². The summed E-state index contributed by atoms with van der Waals surface area (Å²) in [5.74, 6) is -11.7. The predicted octanol–water partition coefficient (Wildman–Crippen LogP) is -0.829. The third-order valence-corrected chi connectivity index (χ3v) is 17.7. The standard InChI is InChI=1S/C71H97ClN16O15/c1-7-8-15-48-35-55(82-61(94)40(5)77-59(92)36-56(79-41(6)90)67(100)84-52(62(95)80-48)32-42-19-24-47(72)25-20-42)66(99)87-57(37-89)68(101)86-53(33-43-21-26-49(91)27-22-43)64(97)85-54(34-44-18-23-45-13-9-10-14-46(45)31-44)65(98)83-51(30-38(2)3)63(96)81-50(16-11-28-76-71(74)75)70(103)88-29-12-17-58(88)69(102)78-39(4)60(73)93/h9-10,13-14,18-27,31,38-40,48,50-58,89,91H,7-8,11-12,15-17,28-30,32-37H2,1-6H3,(H2,73,93)(H,77,92)(H,78,102)(H,79,90)(H,80,95)(H,81,96)(H,82,94)(H,83,98)(H,84,100)(H,85,97)(H,86,101)(H,87,99)(H4,74,75,76)/t39-,40-,48?,50+,51-,52-,53+,54-,55-,56+,57+,58+/m1/s1. The molecule has 2 aliphatic rings. The van der Waals surface area contributed by atoms with Crippen molar-refractivity contribution in [3.63, 3.8) is 0 Å². The quantitative estimate of drug-likeness (QED) is 0.0166. The van der Waals surface area contributed by atoms with Crippen LogP contribution < -0.4 is 75.7 Å². The molecule has 6 rings (SSSR count). The molecular weight excluding hydrogens is 1350 g/mol. The van der Waals surface area contributed by atoms with Crippen LogP contribution in [0.4, 0.5) is 0 Å². The lowest BCUT2D eigenvalue weighted by atomic mass is 9.98. The number of phenols is 1. The van der Waals surface area contributed by atoms with E-state index in [2.05, 4.69) is 63.5 Å². The van der Waals surface area contributed by atoms with E-state index in [-0.39, 0.29) is 88.5 Å². The number of guanidine groups is 1. The van der Waals surface area contributed by atoms with Crippen LogP contribution in [0.5, 0.6) is 5.75 Å². The van der Waals surface area contributed by atoms with Gasteiger partial charge in [-0.25, -0.2) is 0 Å². The van der Waals surface area contributed by atoms with Gasteiger partial charge in [-0.2, -0.15) is 0 Å². The highest BCUT2D eigenvalue weighted by Crippen LogP contribution is 2.23. The number of phenolic OH excluding ortho intramolecular Hbond substituents is 1. The number of aliphatic hydroxyl groups is 1. The molecule has 2 aliphatic heterocycles. The number of likely N-dealkylation sites (tertiary alicyclic amines) is 1. The molecule has 19 N–H and O–H groups in total. The van der Waals surface area contributed by atoms with Gasteiger partial charge in [-0.15, -0.1) is 0 Å². The molecule has 0 aromatic heterocycles. The van der Waals surface area contributed by atoms with Crippen LogP contribution >= 0.6 is 11.6 Å². The molecule has 558 valence electrons. The van der Waals surface area contributed by atoms with E-state index in [1.54, 1.807) is 50.2 Å². The number of primary amides is 1. The van der Waals surface area contributed by atoms with Crippen molar-refractivity contribution in [3.05, 3.63) is 113 Å². The van der Waals surface area contributed by atoms with Crippen molar-refractivity contribution < 1.29 is 72.5 Å². The number of carbonyl (C=O) groups excluding carboxylic acids is 13. The van der Waals surface area contributed by atoms with Gasteiger partial charge >= 0.3 is 0 Å². The van der Waals surface area contributed by atoms with E-state index in [9.17, 15) is 63.0 Å². The summed E-state index contributed by atoms with van der Waals surface area (Å²) in [7, 11) is 0. The van der Waals surface area contributed by atoms with Crippen LogP contribution in [-0.2, 0) is 81.6 Å². The molecule has 0 radical (unpaired) electrons. The number of aliphatic imine (C=N–C) groups is 1. The number of nitrogens with zero attached hydrogens (tertiary/aromatic N) is 2. The average Bonchev–Trinajstić information content (AvgIpc) is 1.79. The van der Waals surface area contributed by atoms with Crippen LogP contribution in [0.1, 0.15) is 122 Å². The summed E-state index contributed by atoms with van der Waals surface area (Å²) in [5.41, 5.74) is 18.1. The first-order valence-corrected chi connectivity index (χ1v) is 34.9. The Morgan fingerprint density at radius 3 is 1.89 bits per heavy atom. The minimum Gasteiger partial charge on any atom is -0.508 e.